The highest BCUT2D eigenvalue weighted by molar-refractivity contribution is 5.25. The maximum atomic E-state index is 5.73. The molecule has 2 rings (SSSR count). The molecule has 0 radical (unpaired) electrons. The zero-order chi connectivity index (χ0) is 15.2. The Bertz CT molecular complexity index is 540. The van der Waals surface area contributed by atoms with Gasteiger partial charge in [0.15, 0.2) is 0 Å². The number of aromatic nitrogens is 2. The zero-order valence-corrected chi connectivity index (χ0v) is 13.2. The first-order valence-corrected chi connectivity index (χ1v) is 7.74. The molecule has 2 aromatic rings. The number of nitrogens with zero attached hydrogens (tertiary/aromatic N) is 2. The Labute approximate surface area is 127 Å². The zero-order valence-electron chi connectivity index (χ0n) is 13.2. The van der Waals surface area contributed by atoms with E-state index in [9.17, 15) is 0 Å². The predicted octanol–water partition coefficient (Wildman–Crippen LogP) is 3.30. The fraction of sp³-hybridized carbons (Fsp3) is 0.471. The van der Waals surface area contributed by atoms with E-state index >= 15 is 0 Å². The first kappa shape index (κ1) is 15.7. The molecule has 1 aromatic carbocycles. The number of rotatable bonds is 7. The highest BCUT2D eigenvalue weighted by Crippen LogP contribution is 2.19. The molecule has 0 amide bonds. The van der Waals surface area contributed by atoms with Crippen molar-refractivity contribution in [1.29, 1.82) is 0 Å². The second-order valence-corrected chi connectivity index (χ2v) is 5.59. The van der Waals surface area contributed by atoms with Crippen LogP contribution in [-0.2, 0) is 6.42 Å². The van der Waals surface area contributed by atoms with Gasteiger partial charge in [0.05, 0.1) is 17.8 Å². The van der Waals surface area contributed by atoms with Crippen LogP contribution in [0.4, 0.5) is 0 Å². The van der Waals surface area contributed by atoms with Crippen molar-refractivity contribution in [2.45, 2.75) is 52.1 Å². The van der Waals surface area contributed by atoms with Crippen molar-refractivity contribution in [2.75, 3.05) is 0 Å². The highest BCUT2D eigenvalue weighted by Gasteiger charge is 2.14. The maximum absolute atomic E-state index is 5.73. The Kier molecular flexibility index (Phi) is 5.53. The minimum absolute atomic E-state index is 0.0932. The first-order chi connectivity index (χ1) is 10.2. The minimum atomic E-state index is 0.0932. The topological polar surface area (TPSA) is 55.9 Å². The predicted molar refractivity (Wildman–Crippen MR) is 86.8 cm³/mol. The molecule has 0 bridgehead atoms. The molecule has 0 aliphatic carbocycles. The standard InChI is InChI=1S/C17H26N4/c1-4-16(5-2)21-11-10-15(20-21)12-17(19-18)14-8-6-13(3)7-9-14/h6-11,16-17,19H,4-5,12,18H2,1-3H3. The SMILES string of the molecule is CCC(CC)n1ccc(CC(NN)c2ccc(C)cc2)n1. The minimum Gasteiger partial charge on any atom is -0.271 e. The summed E-state index contributed by atoms with van der Waals surface area (Å²) in [5.41, 5.74) is 6.43. The summed E-state index contributed by atoms with van der Waals surface area (Å²) in [5, 5.41) is 4.70. The number of hydrogen-bond acceptors (Lipinski definition) is 3. The molecule has 1 atom stereocenters. The highest BCUT2D eigenvalue weighted by atomic mass is 15.3. The first-order valence-electron chi connectivity index (χ1n) is 7.74. The second-order valence-electron chi connectivity index (χ2n) is 5.59. The maximum Gasteiger partial charge on any atom is 0.0644 e. The Hall–Kier alpha value is -1.65. The van der Waals surface area contributed by atoms with Crippen LogP contribution in [0.15, 0.2) is 36.5 Å². The average molecular weight is 286 g/mol. The molecule has 4 nitrogen and oxygen atoms in total. The number of benzene rings is 1. The van der Waals surface area contributed by atoms with Gasteiger partial charge in [0.25, 0.3) is 0 Å². The Morgan fingerprint density at radius 2 is 1.81 bits per heavy atom. The summed E-state index contributed by atoms with van der Waals surface area (Å²) < 4.78 is 2.08. The van der Waals surface area contributed by atoms with E-state index in [4.69, 9.17) is 10.9 Å². The van der Waals surface area contributed by atoms with Gasteiger partial charge >= 0.3 is 0 Å². The summed E-state index contributed by atoms with van der Waals surface area (Å²) in [6, 6.07) is 11.1. The van der Waals surface area contributed by atoms with Crippen molar-refractivity contribution in [2.24, 2.45) is 5.84 Å². The van der Waals surface area contributed by atoms with Gasteiger partial charge in [0, 0.05) is 12.6 Å². The summed E-state index contributed by atoms with van der Waals surface area (Å²) in [6.07, 6.45) is 5.09. The van der Waals surface area contributed by atoms with E-state index in [-0.39, 0.29) is 6.04 Å². The van der Waals surface area contributed by atoms with Crippen molar-refractivity contribution in [3.8, 4) is 0 Å². The van der Waals surface area contributed by atoms with E-state index in [0.29, 0.717) is 6.04 Å². The molecule has 1 unspecified atom stereocenters. The second kappa shape index (κ2) is 7.38. The molecule has 0 aliphatic heterocycles. The summed E-state index contributed by atoms with van der Waals surface area (Å²) >= 11 is 0. The van der Waals surface area contributed by atoms with Crippen molar-refractivity contribution in [3.63, 3.8) is 0 Å². The van der Waals surface area contributed by atoms with Gasteiger partial charge in [0.2, 0.25) is 0 Å². The van der Waals surface area contributed by atoms with Gasteiger partial charge in [-0.25, -0.2) is 0 Å². The molecule has 114 valence electrons. The summed E-state index contributed by atoms with van der Waals surface area (Å²) in [5.74, 6) is 5.73. The number of hydrazine groups is 1. The molecule has 21 heavy (non-hydrogen) atoms. The third-order valence-corrected chi connectivity index (χ3v) is 4.07. The van der Waals surface area contributed by atoms with Crippen LogP contribution < -0.4 is 11.3 Å². The number of hydrogen-bond donors (Lipinski definition) is 2. The fourth-order valence-electron chi connectivity index (χ4n) is 2.63. The van der Waals surface area contributed by atoms with Gasteiger partial charge in [-0.05, 0) is 31.4 Å². The van der Waals surface area contributed by atoms with E-state index in [1.54, 1.807) is 0 Å². The molecule has 0 saturated heterocycles. The fourth-order valence-corrected chi connectivity index (χ4v) is 2.63. The lowest BCUT2D eigenvalue weighted by atomic mass is 10.0. The molecule has 1 aromatic heterocycles. The van der Waals surface area contributed by atoms with Crippen molar-refractivity contribution in [1.82, 2.24) is 15.2 Å². The molecule has 0 saturated carbocycles. The van der Waals surface area contributed by atoms with Gasteiger partial charge in [-0.2, -0.15) is 5.10 Å². The van der Waals surface area contributed by atoms with Gasteiger partial charge < -0.3 is 0 Å². The van der Waals surface area contributed by atoms with Crippen LogP contribution in [0.2, 0.25) is 0 Å². The molecule has 3 N–H and O–H groups in total. The summed E-state index contributed by atoms with van der Waals surface area (Å²) in [6.45, 7) is 6.49. The lowest BCUT2D eigenvalue weighted by molar-refractivity contribution is 0.422. The van der Waals surface area contributed by atoms with Gasteiger partial charge in [-0.3, -0.25) is 16.0 Å². The lowest BCUT2D eigenvalue weighted by Gasteiger charge is -2.16. The van der Waals surface area contributed by atoms with Crippen LogP contribution >= 0.6 is 0 Å². The van der Waals surface area contributed by atoms with E-state index in [2.05, 4.69) is 67.4 Å². The van der Waals surface area contributed by atoms with Crippen LogP contribution in [-0.4, -0.2) is 9.78 Å². The molecule has 0 aliphatic rings. The summed E-state index contributed by atoms with van der Waals surface area (Å²) in [7, 11) is 0. The van der Waals surface area contributed by atoms with Crippen LogP contribution in [0, 0.1) is 6.92 Å². The molecular weight excluding hydrogens is 260 g/mol. The van der Waals surface area contributed by atoms with Crippen molar-refractivity contribution in [3.05, 3.63) is 53.3 Å². The van der Waals surface area contributed by atoms with Gasteiger partial charge in [-0.1, -0.05) is 43.7 Å². The number of aryl methyl sites for hydroxylation is 1. The molecule has 4 heteroatoms. The average Bonchev–Trinajstić information content (AvgIpc) is 2.96. The number of nitrogens with one attached hydrogen (secondary N) is 1. The van der Waals surface area contributed by atoms with Crippen LogP contribution in [0.25, 0.3) is 0 Å². The van der Waals surface area contributed by atoms with E-state index in [1.165, 1.54) is 11.1 Å². The van der Waals surface area contributed by atoms with Crippen LogP contribution in [0.3, 0.4) is 0 Å². The molecular formula is C17H26N4. The monoisotopic (exact) mass is 286 g/mol. The Morgan fingerprint density at radius 3 is 2.38 bits per heavy atom. The van der Waals surface area contributed by atoms with Crippen molar-refractivity contribution >= 4 is 0 Å². The molecule has 0 spiro atoms. The Balaban J connectivity index is 2.10. The molecule has 0 fully saturated rings. The quantitative estimate of drug-likeness (QED) is 0.606. The van der Waals surface area contributed by atoms with Gasteiger partial charge in [-0.15, -0.1) is 0 Å². The van der Waals surface area contributed by atoms with E-state index < -0.39 is 0 Å². The molecule has 1 heterocycles. The van der Waals surface area contributed by atoms with Crippen LogP contribution in [0.1, 0.15) is 55.6 Å². The number of nitrogens with two attached hydrogens (primary N) is 1. The normalized spacial score (nSPS) is 12.8. The van der Waals surface area contributed by atoms with E-state index in [1.807, 2.05) is 0 Å². The summed E-state index contributed by atoms with van der Waals surface area (Å²) in [4.78, 5) is 0. The third-order valence-electron chi connectivity index (χ3n) is 4.07. The largest absolute Gasteiger partial charge is 0.271 e. The van der Waals surface area contributed by atoms with Crippen LogP contribution in [0.5, 0.6) is 0 Å². The van der Waals surface area contributed by atoms with E-state index in [0.717, 1.165) is 25.0 Å². The smallest absolute Gasteiger partial charge is 0.0644 e. The Morgan fingerprint density at radius 1 is 1.14 bits per heavy atom. The third kappa shape index (κ3) is 3.93. The van der Waals surface area contributed by atoms with Gasteiger partial charge in [0.1, 0.15) is 0 Å². The lowest BCUT2D eigenvalue weighted by Crippen LogP contribution is -2.29. The van der Waals surface area contributed by atoms with Crippen molar-refractivity contribution < 1.29 is 0 Å².